The third-order valence-corrected chi connectivity index (χ3v) is 4.86. The maximum absolute atomic E-state index is 7.61. The Labute approximate surface area is 159 Å². The molecule has 1 aromatic heterocycles. The van der Waals surface area contributed by atoms with Crippen molar-refractivity contribution in [3.63, 3.8) is 0 Å². The Hall–Kier alpha value is -3.32. The van der Waals surface area contributed by atoms with Crippen LogP contribution in [0.1, 0.15) is 12.0 Å². The van der Waals surface area contributed by atoms with Gasteiger partial charge in [0.25, 0.3) is 0 Å². The van der Waals surface area contributed by atoms with E-state index in [2.05, 4.69) is 39.0 Å². The van der Waals surface area contributed by atoms with Crippen LogP contribution in [0.5, 0.6) is 5.88 Å². The van der Waals surface area contributed by atoms with Crippen molar-refractivity contribution in [3.8, 4) is 17.0 Å². The number of pyridine rings is 1. The molecule has 0 aliphatic carbocycles. The molecule has 1 aliphatic rings. The first-order valence-electron chi connectivity index (χ1n) is 9.14. The second-order valence-corrected chi connectivity index (χ2v) is 6.83. The summed E-state index contributed by atoms with van der Waals surface area (Å²) in [6, 6.07) is 20.2. The fourth-order valence-corrected chi connectivity index (χ4v) is 3.43. The van der Waals surface area contributed by atoms with Gasteiger partial charge in [-0.2, -0.15) is 0 Å². The van der Waals surface area contributed by atoms with Gasteiger partial charge in [0.15, 0.2) is 0 Å². The number of nitrogens with zero attached hydrogens (tertiary/aromatic N) is 3. The molecule has 0 amide bonds. The first-order valence-corrected chi connectivity index (χ1v) is 9.14. The van der Waals surface area contributed by atoms with Gasteiger partial charge in [-0.15, -0.1) is 0 Å². The van der Waals surface area contributed by atoms with E-state index in [1.165, 1.54) is 0 Å². The van der Waals surface area contributed by atoms with Gasteiger partial charge in [-0.1, -0.05) is 42.5 Å². The monoisotopic (exact) mass is 355 g/mol. The van der Waals surface area contributed by atoms with Crippen molar-refractivity contribution in [1.82, 2.24) is 4.98 Å². The maximum Gasteiger partial charge on any atom is 0.213 e. The molecule has 2 aromatic carbocycles. The second-order valence-electron chi connectivity index (χ2n) is 6.83. The van der Waals surface area contributed by atoms with Gasteiger partial charge in [0.05, 0.1) is 13.1 Å². The van der Waals surface area contributed by atoms with E-state index in [1.807, 2.05) is 49.5 Å². The Balaban J connectivity index is 1.50. The molecular formula is C23H21N3O. The zero-order valence-corrected chi connectivity index (χ0v) is 15.3. The van der Waals surface area contributed by atoms with Gasteiger partial charge in [-0.05, 0) is 35.7 Å². The van der Waals surface area contributed by atoms with Gasteiger partial charge in [0, 0.05) is 30.9 Å². The minimum absolute atomic E-state index is 0.0904. The topological polar surface area (TPSA) is 29.7 Å². The van der Waals surface area contributed by atoms with Crippen molar-refractivity contribution in [2.75, 3.05) is 18.0 Å². The van der Waals surface area contributed by atoms with E-state index >= 15 is 0 Å². The van der Waals surface area contributed by atoms with E-state index in [4.69, 9.17) is 11.3 Å². The zero-order chi connectivity index (χ0) is 18.6. The summed E-state index contributed by atoms with van der Waals surface area (Å²) in [4.78, 5) is 10.3. The van der Waals surface area contributed by atoms with Gasteiger partial charge in [-0.3, -0.25) is 0 Å². The number of anilines is 1. The number of benzene rings is 2. The molecule has 2 heterocycles. The SMILES string of the molecule is [C-]#[N+]c1cc(-c2ccccc2)ccc1N1CC[C@@H](Oc2ccc(C)cn2)C1. The Kier molecular flexibility index (Phi) is 4.76. The molecule has 1 aliphatic heterocycles. The molecule has 0 saturated carbocycles. The first-order chi connectivity index (χ1) is 13.2. The lowest BCUT2D eigenvalue weighted by molar-refractivity contribution is 0.216. The molecule has 0 spiro atoms. The molecule has 1 fully saturated rings. The molecule has 27 heavy (non-hydrogen) atoms. The molecule has 3 aromatic rings. The van der Waals surface area contributed by atoms with Crippen molar-refractivity contribution >= 4 is 11.4 Å². The standard InChI is InChI=1S/C23H21N3O/c1-17-8-11-23(25-15-17)27-20-12-13-26(16-20)22-10-9-19(14-21(22)24-2)18-6-4-3-5-7-18/h3-11,14-15,20H,12-13,16H2,1H3/t20-/m1/s1. The van der Waals surface area contributed by atoms with Crippen molar-refractivity contribution in [2.24, 2.45) is 0 Å². The summed E-state index contributed by atoms with van der Waals surface area (Å²) >= 11 is 0. The van der Waals surface area contributed by atoms with E-state index in [0.29, 0.717) is 11.6 Å². The quantitative estimate of drug-likeness (QED) is 0.598. The smallest absolute Gasteiger partial charge is 0.213 e. The molecule has 0 bridgehead atoms. The number of hydrogen-bond donors (Lipinski definition) is 0. The summed E-state index contributed by atoms with van der Waals surface area (Å²) in [5.41, 5.74) is 4.98. The lowest BCUT2D eigenvalue weighted by atomic mass is 10.0. The van der Waals surface area contributed by atoms with Gasteiger partial charge in [-0.25, -0.2) is 9.83 Å². The van der Waals surface area contributed by atoms with Crippen molar-refractivity contribution in [1.29, 1.82) is 0 Å². The van der Waals surface area contributed by atoms with E-state index in [9.17, 15) is 0 Å². The van der Waals surface area contributed by atoms with Crippen LogP contribution in [0.15, 0.2) is 66.9 Å². The molecule has 134 valence electrons. The summed E-state index contributed by atoms with van der Waals surface area (Å²) in [7, 11) is 0. The largest absolute Gasteiger partial charge is 0.472 e. The van der Waals surface area contributed by atoms with E-state index in [-0.39, 0.29) is 6.10 Å². The van der Waals surface area contributed by atoms with Crippen LogP contribution in [-0.2, 0) is 0 Å². The Morgan fingerprint density at radius 1 is 1.07 bits per heavy atom. The van der Waals surface area contributed by atoms with E-state index in [0.717, 1.165) is 41.9 Å². The molecular weight excluding hydrogens is 334 g/mol. The van der Waals surface area contributed by atoms with Gasteiger partial charge in [0.2, 0.25) is 11.6 Å². The molecule has 0 radical (unpaired) electrons. The molecule has 4 nitrogen and oxygen atoms in total. The Morgan fingerprint density at radius 3 is 2.67 bits per heavy atom. The highest BCUT2D eigenvalue weighted by atomic mass is 16.5. The third-order valence-electron chi connectivity index (χ3n) is 4.86. The summed E-state index contributed by atoms with van der Waals surface area (Å²) < 4.78 is 6.02. The number of ether oxygens (including phenoxy) is 1. The molecule has 0 unspecified atom stereocenters. The first kappa shape index (κ1) is 17.1. The number of aromatic nitrogens is 1. The molecule has 0 N–H and O–H groups in total. The van der Waals surface area contributed by atoms with Crippen LogP contribution in [0.3, 0.4) is 0 Å². The molecule has 1 saturated heterocycles. The molecule has 4 heteroatoms. The average Bonchev–Trinajstić information content (AvgIpc) is 3.18. The van der Waals surface area contributed by atoms with Gasteiger partial charge < -0.3 is 9.64 Å². The normalized spacial score (nSPS) is 16.1. The van der Waals surface area contributed by atoms with E-state index < -0.39 is 0 Å². The highest BCUT2D eigenvalue weighted by molar-refractivity contribution is 5.79. The maximum atomic E-state index is 7.61. The van der Waals surface area contributed by atoms with Gasteiger partial charge in [0.1, 0.15) is 6.10 Å². The predicted octanol–water partition coefficient (Wildman–Crippen LogP) is 5.27. The number of rotatable bonds is 4. The van der Waals surface area contributed by atoms with Crippen molar-refractivity contribution in [2.45, 2.75) is 19.4 Å². The lowest BCUT2D eigenvalue weighted by Gasteiger charge is -2.21. The summed E-state index contributed by atoms with van der Waals surface area (Å²) in [5.74, 6) is 0.664. The molecule has 4 rings (SSSR count). The lowest BCUT2D eigenvalue weighted by Crippen LogP contribution is -2.24. The fraction of sp³-hybridized carbons (Fsp3) is 0.217. The fourth-order valence-electron chi connectivity index (χ4n) is 3.43. The van der Waals surface area contributed by atoms with E-state index in [1.54, 1.807) is 0 Å². The minimum atomic E-state index is 0.0904. The van der Waals surface area contributed by atoms with Crippen LogP contribution in [0.4, 0.5) is 11.4 Å². The highest BCUT2D eigenvalue weighted by Gasteiger charge is 2.26. The minimum Gasteiger partial charge on any atom is -0.472 e. The van der Waals surface area contributed by atoms with Crippen LogP contribution in [0.2, 0.25) is 0 Å². The zero-order valence-electron chi connectivity index (χ0n) is 15.3. The highest BCUT2D eigenvalue weighted by Crippen LogP contribution is 2.35. The Bertz CT molecular complexity index is 961. The van der Waals surface area contributed by atoms with Crippen LogP contribution in [0, 0.1) is 13.5 Å². The van der Waals surface area contributed by atoms with Gasteiger partial charge >= 0.3 is 0 Å². The summed E-state index contributed by atoms with van der Waals surface area (Å²) in [6.07, 6.45) is 2.84. The van der Waals surface area contributed by atoms with Crippen LogP contribution < -0.4 is 9.64 Å². The summed E-state index contributed by atoms with van der Waals surface area (Å²) in [5, 5.41) is 0. The van der Waals surface area contributed by atoms with Crippen molar-refractivity contribution in [3.05, 3.63) is 83.8 Å². The van der Waals surface area contributed by atoms with Crippen LogP contribution in [0.25, 0.3) is 16.0 Å². The predicted molar refractivity (Wildman–Crippen MR) is 108 cm³/mol. The van der Waals surface area contributed by atoms with Crippen LogP contribution in [-0.4, -0.2) is 24.2 Å². The second kappa shape index (κ2) is 7.51. The molecule has 1 atom stereocenters. The van der Waals surface area contributed by atoms with Crippen molar-refractivity contribution < 1.29 is 4.74 Å². The average molecular weight is 355 g/mol. The Morgan fingerprint density at radius 2 is 1.93 bits per heavy atom. The number of aryl methyl sites for hydroxylation is 1. The summed E-state index contributed by atoms with van der Waals surface area (Å²) in [6.45, 7) is 11.3. The van der Waals surface area contributed by atoms with Crippen LogP contribution >= 0.6 is 0 Å². The number of hydrogen-bond acceptors (Lipinski definition) is 3. The third kappa shape index (κ3) is 3.78.